The minimum atomic E-state index is 0.825. The molecule has 220 valence electrons. The van der Waals surface area contributed by atoms with Crippen LogP contribution in [0, 0.1) is 0 Å². The van der Waals surface area contributed by atoms with E-state index in [1.54, 1.807) is 0 Å². The van der Waals surface area contributed by atoms with Crippen molar-refractivity contribution in [1.29, 1.82) is 0 Å². The van der Waals surface area contributed by atoms with Crippen LogP contribution < -0.4 is 0 Å². The molecule has 3 aromatic heterocycles. The molecule has 0 aliphatic carbocycles. The van der Waals surface area contributed by atoms with Crippen LogP contribution in [0.5, 0.6) is 0 Å². The first kappa shape index (κ1) is 25.8. The Morgan fingerprint density at radius 3 is 2.00 bits per heavy atom. The SMILES string of the molecule is c1ccc(-n2c3ccccc3c3cc(-c4cccc(-c5ccc6oc7cccc(-n8nnc9ccccc98)c7c6c5)c4)ccc32)cc1. The van der Waals surface area contributed by atoms with E-state index in [1.165, 1.54) is 32.9 Å². The van der Waals surface area contributed by atoms with E-state index < -0.39 is 0 Å². The maximum Gasteiger partial charge on any atom is 0.137 e. The van der Waals surface area contributed by atoms with Gasteiger partial charge in [0.1, 0.15) is 16.7 Å². The van der Waals surface area contributed by atoms with E-state index in [1.807, 2.05) is 41.1 Å². The molecule has 47 heavy (non-hydrogen) atoms. The summed E-state index contributed by atoms with van der Waals surface area (Å²) in [6.45, 7) is 0. The van der Waals surface area contributed by atoms with Crippen molar-refractivity contribution >= 4 is 54.8 Å². The quantitative estimate of drug-likeness (QED) is 0.201. The average molecular weight is 603 g/mol. The van der Waals surface area contributed by atoms with Gasteiger partial charge in [-0.3, -0.25) is 0 Å². The van der Waals surface area contributed by atoms with E-state index in [2.05, 4.69) is 136 Å². The van der Waals surface area contributed by atoms with Gasteiger partial charge in [-0.05, 0) is 95.1 Å². The maximum absolute atomic E-state index is 6.33. The van der Waals surface area contributed by atoms with Gasteiger partial charge in [0, 0.05) is 21.8 Å². The molecule has 0 spiro atoms. The first-order chi connectivity index (χ1) is 23.3. The van der Waals surface area contributed by atoms with E-state index in [0.717, 1.165) is 55.5 Å². The summed E-state index contributed by atoms with van der Waals surface area (Å²) in [5.41, 5.74) is 12.6. The van der Waals surface area contributed by atoms with Gasteiger partial charge >= 0.3 is 0 Å². The number of aromatic nitrogens is 4. The number of para-hydroxylation sites is 3. The minimum absolute atomic E-state index is 0.825. The fourth-order valence-electron chi connectivity index (χ4n) is 7.10. The van der Waals surface area contributed by atoms with Crippen LogP contribution in [-0.2, 0) is 0 Å². The van der Waals surface area contributed by atoms with Crippen LogP contribution in [-0.4, -0.2) is 19.6 Å². The number of rotatable bonds is 4. The van der Waals surface area contributed by atoms with Crippen LogP contribution in [0.25, 0.3) is 88.4 Å². The summed E-state index contributed by atoms with van der Waals surface area (Å²) in [5, 5.41) is 13.5. The Morgan fingerprint density at radius 2 is 1.13 bits per heavy atom. The van der Waals surface area contributed by atoms with Crippen molar-refractivity contribution in [2.24, 2.45) is 0 Å². The monoisotopic (exact) mass is 602 g/mol. The lowest BCUT2D eigenvalue weighted by molar-refractivity contribution is 0.668. The molecule has 0 fully saturated rings. The van der Waals surface area contributed by atoms with Gasteiger partial charge < -0.3 is 8.98 Å². The summed E-state index contributed by atoms with van der Waals surface area (Å²) in [4.78, 5) is 0. The third-order valence-corrected chi connectivity index (χ3v) is 9.27. The maximum atomic E-state index is 6.33. The molecule has 0 atom stereocenters. The Balaban J connectivity index is 1.11. The van der Waals surface area contributed by atoms with Crippen LogP contribution >= 0.6 is 0 Å². The van der Waals surface area contributed by atoms with E-state index >= 15 is 0 Å². The normalized spacial score (nSPS) is 11.8. The molecule has 0 saturated carbocycles. The van der Waals surface area contributed by atoms with Gasteiger partial charge in [0.25, 0.3) is 0 Å². The van der Waals surface area contributed by atoms with E-state index in [4.69, 9.17) is 4.42 Å². The van der Waals surface area contributed by atoms with Crippen LogP contribution in [0.1, 0.15) is 0 Å². The standard InChI is InChI=1S/C42H26N4O/c1-2-12-31(13-3-1)45-36-16-6-4-14-32(36)33-25-29(20-22-37(33)45)27-10-8-11-28(24-27)30-21-23-40-34(26-30)42-39(18-9-19-41(42)47-40)46-38-17-7-5-15-35(38)43-44-46/h1-26H. The lowest BCUT2D eigenvalue weighted by Gasteiger charge is -2.09. The van der Waals surface area contributed by atoms with Gasteiger partial charge in [0.2, 0.25) is 0 Å². The van der Waals surface area contributed by atoms with Gasteiger partial charge in [-0.2, -0.15) is 0 Å². The number of nitrogens with zero attached hydrogens (tertiary/aromatic N) is 4. The largest absolute Gasteiger partial charge is 0.456 e. The summed E-state index contributed by atoms with van der Waals surface area (Å²) in [6.07, 6.45) is 0. The zero-order valence-corrected chi connectivity index (χ0v) is 25.2. The lowest BCUT2D eigenvalue weighted by atomic mass is 9.97. The minimum Gasteiger partial charge on any atom is -0.456 e. The third kappa shape index (κ3) is 3.97. The molecular weight excluding hydrogens is 576 g/mol. The summed E-state index contributed by atoms with van der Waals surface area (Å²) >= 11 is 0. The number of hydrogen-bond donors (Lipinski definition) is 0. The average Bonchev–Trinajstić information content (AvgIpc) is 3.83. The van der Waals surface area contributed by atoms with E-state index in [0.29, 0.717) is 0 Å². The molecule has 10 aromatic rings. The molecule has 0 N–H and O–H groups in total. The van der Waals surface area contributed by atoms with Crippen molar-refractivity contribution in [3.8, 4) is 33.6 Å². The first-order valence-corrected chi connectivity index (χ1v) is 15.8. The predicted octanol–water partition coefficient (Wildman–Crippen LogP) is 10.8. The molecule has 0 aliphatic rings. The number of hydrogen-bond acceptors (Lipinski definition) is 3. The molecule has 3 heterocycles. The molecular formula is C42H26N4O. The Labute approximate surface area is 269 Å². The van der Waals surface area contributed by atoms with Crippen LogP contribution in [0.3, 0.4) is 0 Å². The zero-order valence-electron chi connectivity index (χ0n) is 25.2. The Kier molecular flexibility index (Phi) is 5.51. The highest BCUT2D eigenvalue weighted by molar-refractivity contribution is 6.12. The number of fused-ring (bicyclic) bond motifs is 7. The highest BCUT2D eigenvalue weighted by atomic mass is 16.3. The molecule has 10 rings (SSSR count). The molecule has 7 aromatic carbocycles. The van der Waals surface area contributed by atoms with Crippen LogP contribution in [0.15, 0.2) is 162 Å². The fraction of sp³-hybridized carbons (Fsp3) is 0. The number of benzene rings is 7. The molecule has 0 saturated heterocycles. The lowest BCUT2D eigenvalue weighted by Crippen LogP contribution is -1.97. The second-order valence-corrected chi connectivity index (χ2v) is 12.0. The van der Waals surface area contributed by atoms with E-state index in [9.17, 15) is 0 Å². The molecule has 0 bridgehead atoms. The second-order valence-electron chi connectivity index (χ2n) is 12.0. The molecule has 0 radical (unpaired) electrons. The second kappa shape index (κ2) is 10.0. The molecule has 5 nitrogen and oxygen atoms in total. The van der Waals surface area contributed by atoms with Crippen LogP contribution in [0.4, 0.5) is 0 Å². The zero-order chi connectivity index (χ0) is 30.9. The van der Waals surface area contributed by atoms with Crippen molar-refractivity contribution in [2.75, 3.05) is 0 Å². The fourth-order valence-corrected chi connectivity index (χ4v) is 7.10. The van der Waals surface area contributed by atoms with Gasteiger partial charge in [-0.1, -0.05) is 90.1 Å². The van der Waals surface area contributed by atoms with Crippen molar-refractivity contribution in [2.45, 2.75) is 0 Å². The highest BCUT2D eigenvalue weighted by Crippen LogP contribution is 2.38. The summed E-state index contributed by atoms with van der Waals surface area (Å²) < 4.78 is 10.6. The first-order valence-electron chi connectivity index (χ1n) is 15.8. The van der Waals surface area contributed by atoms with Crippen molar-refractivity contribution in [1.82, 2.24) is 19.6 Å². The summed E-state index contributed by atoms with van der Waals surface area (Å²) in [6, 6.07) is 55.5. The Morgan fingerprint density at radius 1 is 0.447 bits per heavy atom. The Bertz CT molecular complexity index is 2800. The van der Waals surface area contributed by atoms with Crippen LogP contribution in [0.2, 0.25) is 0 Å². The third-order valence-electron chi connectivity index (χ3n) is 9.27. The highest BCUT2D eigenvalue weighted by Gasteiger charge is 2.17. The van der Waals surface area contributed by atoms with Gasteiger partial charge in [-0.15, -0.1) is 5.10 Å². The Hall–Kier alpha value is -6.46. The molecule has 0 aliphatic heterocycles. The van der Waals surface area contributed by atoms with Gasteiger partial charge in [-0.25, -0.2) is 4.68 Å². The predicted molar refractivity (Wildman–Crippen MR) is 191 cm³/mol. The van der Waals surface area contributed by atoms with Crippen molar-refractivity contribution in [3.63, 3.8) is 0 Å². The summed E-state index contributed by atoms with van der Waals surface area (Å²) in [7, 11) is 0. The van der Waals surface area contributed by atoms with Crippen molar-refractivity contribution < 1.29 is 4.42 Å². The van der Waals surface area contributed by atoms with E-state index in [-0.39, 0.29) is 0 Å². The summed E-state index contributed by atoms with van der Waals surface area (Å²) in [5.74, 6) is 0. The molecule has 0 unspecified atom stereocenters. The van der Waals surface area contributed by atoms with Gasteiger partial charge in [0.05, 0.1) is 27.6 Å². The topological polar surface area (TPSA) is 48.8 Å². The number of furan rings is 1. The van der Waals surface area contributed by atoms with Crippen molar-refractivity contribution in [3.05, 3.63) is 158 Å². The van der Waals surface area contributed by atoms with Gasteiger partial charge in [0.15, 0.2) is 0 Å². The molecule has 0 amide bonds. The smallest absolute Gasteiger partial charge is 0.137 e. The molecule has 5 heteroatoms.